The summed E-state index contributed by atoms with van der Waals surface area (Å²) in [6, 6.07) is 6.18. The van der Waals surface area contributed by atoms with Crippen molar-refractivity contribution >= 4 is 39.9 Å². The van der Waals surface area contributed by atoms with Crippen LogP contribution in [0.4, 0.5) is 0 Å². The van der Waals surface area contributed by atoms with E-state index in [1.807, 2.05) is 0 Å². The Balaban J connectivity index is 1.15. The second kappa shape index (κ2) is 16.3. The predicted octanol–water partition coefficient (Wildman–Crippen LogP) is 5.65. The Morgan fingerprint density at radius 2 is 1.87 bits per heavy atom. The smallest absolute Gasteiger partial charge is 0.325 e. The molecular formula is C47H65N7O5S. The number of thiazole rings is 1. The van der Waals surface area contributed by atoms with Gasteiger partial charge < -0.3 is 29.2 Å². The molecule has 7 heterocycles. The molecule has 60 heavy (non-hydrogen) atoms. The van der Waals surface area contributed by atoms with Crippen molar-refractivity contribution in [2.75, 3.05) is 53.5 Å². The van der Waals surface area contributed by atoms with Crippen LogP contribution >= 0.6 is 11.3 Å². The van der Waals surface area contributed by atoms with Crippen molar-refractivity contribution in [3.8, 4) is 11.3 Å². The van der Waals surface area contributed by atoms with Crippen molar-refractivity contribution in [3.05, 3.63) is 51.6 Å². The van der Waals surface area contributed by atoms with Crippen LogP contribution in [0.5, 0.6) is 0 Å². The number of hydrogen-bond acceptors (Lipinski definition) is 11. The van der Waals surface area contributed by atoms with Crippen LogP contribution in [0.3, 0.4) is 0 Å². The number of carbonyl (C=O) groups is 3. The van der Waals surface area contributed by atoms with Gasteiger partial charge in [0.1, 0.15) is 11.8 Å². The Morgan fingerprint density at radius 1 is 1.12 bits per heavy atom. The summed E-state index contributed by atoms with van der Waals surface area (Å²) in [5, 5.41) is 9.75. The number of fused-ring (bicyclic) bond motifs is 4. The van der Waals surface area contributed by atoms with Gasteiger partial charge in [0.25, 0.3) is 0 Å². The molecule has 5 fully saturated rings. The van der Waals surface area contributed by atoms with E-state index in [2.05, 4.69) is 103 Å². The molecule has 3 saturated heterocycles. The molecule has 2 unspecified atom stereocenters. The lowest BCUT2D eigenvalue weighted by Gasteiger charge is -2.53. The first kappa shape index (κ1) is 41.7. The molecule has 10 rings (SSSR count). The molecule has 2 N–H and O–H groups in total. The topological polar surface area (TPSA) is 121 Å². The number of aryl methyl sites for hydroxylation is 1. The monoisotopic (exact) mass is 839 g/mol. The number of esters is 1. The third-order valence-corrected chi connectivity index (χ3v) is 16.1. The lowest BCUT2D eigenvalue weighted by atomic mass is 9.72. The van der Waals surface area contributed by atoms with Crippen LogP contribution in [-0.4, -0.2) is 120 Å². The maximum atomic E-state index is 14.5. The molecular weight excluding hydrogens is 775 g/mol. The molecule has 1 aromatic carbocycles. The Labute approximate surface area is 359 Å². The summed E-state index contributed by atoms with van der Waals surface area (Å²) in [6.07, 6.45) is 5.23. The number of ketones is 1. The summed E-state index contributed by atoms with van der Waals surface area (Å²) < 4.78 is 14.9. The fourth-order valence-electron chi connectivity index (χ4n) is 11.1. The molecule has 7 aliphatic rings. The normalized spacial score (nSPS) is 32.5. The van der Waals surface area contributed by atoms with E-state index in [0.717, 1.165) is 68.4 Å². The van der Waals surface area contributed by atoms with Crippen LogP contribution in [0.15, 0.2) is 35.4 Å². The maximum absolute atomic E-state index is 14.5. The van der Waals surface area contributed by atoms with Crippen molar-refractivity contribution in [1.29, 1.82) is 0 Å². The van der Waals surface area contributed by atoms with E-state index in [-0.39, 0.29) is 66.6 Å². The van der Waals surface area contributed by atoms with E-state index in [0.29, 0.717) is 24.7 Å². The third kappa shape index (κ3) is 7.64. The van der Waals surface area contributed by atoms with Gasteiger partial charge in [-0.15, -0.1) is 11.3 Å². The SMILES string of the molecule is CCn1c(C2C=C(N3CCN(C)CC3)CN[C@@H]2[C@H](C)OC)c2c3cc(ccc31)-c1csc(n1)C[C@H](CC(=O)C1[C@@H](C)[C@H]1C)C(=O)N1N[C@@H](C(=O)OCC(C)(C)C2)C2CC1C2. The Morgan fingerprint density at radius 3 is 2.57 bits per heavy atom. The molecule has 0 radical (unpaired) electrons. The number of methoxy groups -OCH3 is 1. The summed E-state index contributed by atoms with van der Waals surface area (Å²) in [4.78, 5) is 52.4. The average molecular weight is 840 g/mol. The highest BCUT2D eigenvalue weighted by atomic mass is 32.1. The molecule has 3 aromatic rings. The second-order valence-electron chi connectivity index (χ2n) is 19.8. The molecule has 8 bridgehead atoms. The first-order valence-corrected chi connectivity index (χ1v) is 23.4. The minimum Gasteiger partial charge on any atom is -0.464 e. The quantitative estimate of drug-likeness (QED) is 0.276. The number of rotatable bonds is 8. The molecule has 324 valence electrons. The highest BCUT2D eigenvalue weighted by Crippen LogP contribution is 2.48. The maximum Gasteiger partial charge on any atom is 0.325 e. The van der Waals surface area contributed by atoms with E-state index in [9.17, 15) is 14.4 Å². The molecule has 12 nitrogen and oxygen atoms in total. The van der Waals surface area contributed by atoms with Crippen molar-refractivity contribution < 1.29 is 23.9 Å². The molecule has 5 aliphatic heterocycles. The number of aromatic nitrogens is 2. The third-order valence-electron chi connectivity index (χ3n) is 15.2. The van der Waals surface area contributed by atoms with Gasteiger partial charge >= 0.3 is 5.97 Å². The molecule has 1 amide bonds. The van der Waals surface area contributed by atoms with Gasteiger partial charge in [0.2, 0.25) is 5.91 Å². The summed E-state index contributed by atoms with van der Waals surface area (Å²) >= 11 is 1.56. The van der Waals surface area contributed by atoms with E-state index in [4.69, 9.17) is 14.5 Å². The van der Waals surface area contributed by atoms with Crippen molar-refractivity contribution in [1.82, 2.24) is 35.1 Å². The number of piperazine rings is 1. The Hall–Kier alpha value is -3.62. The van der Waals surface area contributed by atoms with Crippen molar-refractivity contribution in [2.45, 2.75) is 110 Å². The number of cyclic esters (lactones) is 1. The first-order valence-electron chi connectivity index (χ1n) is 22.5. The second-order valence-corrected chi connectivity index (χ2v) is 20.7. The lowest BCUT2D eigenvalue weighted by Crippen LogP contribution is -2.70. The van der Waals surface area contributed by atoms with Crippen molar-refractivity contribution in [2.24, 2.45) is 35.0 Å². The summed E-state index contributed by atoms with van der Waals surface area (Å²) in [5.41, 5.74) is 9.87. The summed E-state index contributed by atoms with van der Waals surface area (Å²) in [7, 11) is 4.00. The zero-order valence-electron chi connectivity index (χ0n) is 36.8. The lowest BCUT2D eigenvalue weighted by molar-refractivity contribution is -0.172. The van der Waals surface area contributed by atoms with Crippen LogP contribution in [-0.2, 0) is 43.2 Å². The number of likely N-dealkylation sites (N-methyl/N-ethyl adjacent to an activating group) is 1. The van der Waals surface area contributed by atoms with Gasteiger partial charge in [0.05, 0.1) is 29.3 Å². The van der Waals surface area contributed by atoms with Gasteiger partial charge in [-0.05, 0) is 75.6 Å². The Bertz CT molecular complexity index is 2160. The number of hydrogen-bond donors (Lipinski definition) is 2. The average Bonchev–Trinajstić information content (AvgIpc) is 3.50. The highest BCUT2D eigenvalue weighted by molar-refractivity contribution is 7.10. The molecule has 0 spiro atoms. The van der Waals surface area contributed by atoms with E-state index in [1.54, 1.807) is 23.5 Å². The summed E-state index contributed by atoms with van der Waals surface area (Å²) in [5.74, 6) is -0.0320. The van der Waals surface area contributed by atoms with Crippen molar-refractivity contribution in [3.63, 3.8) is 0 Å². The number of nitrogens with zero attached hydrogens (tertiary/aromatic N) is 5. The largest absolute Gasteiger partial charge is 0.464 e. The molecule has 2 aliphatic carbocycles. The predicted molar refractivity (Wildman–Crippen MR) is 234 cm³/mol. The minimum atomic E-state index is -0.609. The number of amides is 1. The van der Waals surface area contributed by atoms with Gasteiger partial charge in [-0.2, -0.15) is 0 Å². The molecule has 8 atom stereocenters. The molecule has 2 saturated carbocycles. The fourth-order valence-corrected chi connectivity index (χ4v) is 11.9. The van der Waals surface area contributed by atoms with Crippen LogP contribution < -0.4 is 10.7 Å². The summed E-state index contributed by atoms with van der Waals surface area (Å²) in [6.45, 7) is 18.9. The first-order chi connectivity index (χ1) is 28.7. The van der Waals surface area contributed by atoms with Crippen LogP contribution in [0, 0.1) is 35.0 Å². The van der Waals surface area contributed by atoms with Gasteiger partial charge in [-0.3, -0.25) is 19.4 Å². The number of Topliss-reactive ketones (excluding diaryl/α,β-unsaturated/α-hetero) is 1. The zero-order valence-corrected chi connectivity index (χ0v) is 37.6. The molecule has 13 heteroatoms. The van der Waals surface area contributed by atoms with E-state index < -0.39 is 17.4 Å². The fraction of sp³-hybridized carbons (Fsp3) is 0.660. The van der Waals surface area contributed by atoms with Crippen LogP contribution in [0.2, 0.25) is 0 Å². The van der Waals surface area contributed by atoms with Crippen LogP contribution in [0.25, 0.3) is 22.2 Å². The van der Waals surface area contributed by atoms with Gasteiger partial charge in [-0.1, -0.05) is 39.8 Å². The Kier molecular flexibility index (Phi) is 11.3. The number of carbonyl (C=O) groups excluding carboxylic acids is 3. The van der Waals surface area contributed by atoms with E-state index >= 15 is 0 Å². The highest BCUT2D eigenvalue weighted by Gasteiger charge is 2.53. The van der Waals surface area contributed by atoms with Gasteiger partial charge in [0.15, 0.2) is 0 Å². The van der Waals surface area contributed by atoms with Gasteiger partial charge in [0, 0.05) is 122 Å². The van der Waals surface area contributed by atoms with E-state index in [1.165, 1.54) is 27.9 Å². The number of ether oxygens (including phenoxy) is 2. The standard InChI is InChI=1S/C47H65N7O5S/c1-9-53-38-11-10-29-18-34(38)36(44(53)35-21-33(23-48-42(35)28(4)58-8)52-14-12-51(7)13-15-52)22-47(5,6)25-59-46(57)43-30-16-32(17-30)54(50-43)45(56)31(20-40-49-37(29)24-60-40)19-39(55)41-26(2)27(41)3/h10-11,18,21,24,26-28,30-32,35,41-43,48,50H,9,12-17,19-20,22-23,25H2,1-8H3/t26-,27+,28-,30?,31-,32?,35?,41?,42+,43+/m0/s1. The zero-order chi connectivity index (χ0) is 42.2. The van der Waals surface area contributed by atoms with Gasteiger partial charge in [-0.25, -0.2) is 10.4 Å². The number of nitrogens with one attached hydrogen (secondary N) is 2. The minimum absolute atomic E-state index is 0.00124. The number of hydrazine groups is 1. The number of benzene rings is 1. The molecule has 2 aromatic heterocycles. The van der Waals surface area contributed by atoms with Crippen LogP contribution in [0.1, 0.15) is 83.0 Å².